The van der Waals surface area contributed by atoms with E-state index in [-0.39, 0.29) is 29.7 Å². The third kappa shape index (κ3) is 9.41. The monoisotopic (exact) mass is 483 g/mol. The Morgan fingerprint density at radius 1 is 1.12 bits per heavy atom. The molecule has 0 aliphatic rings. The smallest absolute Gasteiger partial charge is 0.191 e. The average molecular weight is 483 g/mol. The summed E-state index contributed by atoms with van der Waals surface area (Å²) in [7, 11) is -1.48. The van der Waals surface area contributed by atoms with Crippen molar-refractivity contribution in [3.63, 3.8) is 0 Å². The number of guanidine groups is 1. The van der Waals surface area contributed by atoms with Crippen LogP contribution in [0.5, 0.6) is 0 Å². The Hall–Kier alpha value is -0.870. The summed E-state index contributed by atoms with van der Waals surface area (Å²) in [5.41, 5.74) is 1.13. The summed E-state index contributed by atoms with van der Waals surface area (Å²) < 4.78 is 28.9. The lowest BCUT2D eigenvalue weighted by Gasteiger charge is -2.19. The predicted molar refractivity (Wildman–Crippen MR) is 114 cm³/mol. The molecule has 0 fully saturated rings. The Balaban J connectivity index is 0.00000576. The standard InChI is InChI=1S/C17H29N3O3S.HI/c1-17(2,3)24(21,22)13-11-20-16(18-4)19-10-12-23-14-15-8-6-5-7-9-15;/h5-9H,10-14H2,1-4H3,(H2,18,19,20);1H. The largest absolute Gasteiger partial charge is 0.375 e. The zero-order chi connectivity index (χ0) is 18.1. The highest BCUT2D eigenvalue weighted by Crippen LogP contribution is 2.15. The fourth-order valence-corrected chi connectivity index (χ4v) is 2.82. The summed E-state index contributed by atoms with van der Waals surface area (Å²) in [6, 6.07) is 9.97. The van der Waals surface area contributed by atoms with Crippen molar-refractivity contribution in [2.45, 2.75) is 32.1 Å². The van der Waals surface area contributed by atoms with E-state index < -0.39 is 14.6 Å². The lowest BCUT2D eigenvalue weighted by atomic mass is 10.2. The molecule has 8 heteroatoms. The SMILES string of the molecule is CN=C(NCCOCc1ccccc1)NCCS(=O)(=O)C(C)(C)C.I. The molecule has 0 bridgehead atoms. The van der Waals surface area contributed by atoms with Gasteiger partial charge < -0.3 is 15.4 Å². The molecule has 25 heavy (non-hydrogen) atoms. The molecule has 0 amide bonds. The van der Waals surface area contributed by atoms with Gasteiger partial charge in [0, 0.05) is 20.1 Å². The predicted octanol–water partition coefficient (Wildman–Crippen LogP) is 2.20. The fourth-order valence-electron chi connectivity index (χ4n) is 1.84. The minimum absolute atomic E-state index is 0. The van der Waals surface area contributed by atoms with Crippen LogP contribution in [0.3, 0.4) is 0 Å². The van der Waals surface area contributed by atoms with Crippen LogP contribution in [0.15, 0.2) is 35.3 Å². The zero-order valence-electron chi connectivity index (χ0n) is 15.4. The quantitative estimate of drug-likeness (QED) is 0.257. The second-order valence-corrected chi connectivity index (χ2v) is 9.26. The Morgan fingerprint density at radius 3 is 2.28 bits per heavy atom. The number of hydrogen-bond donors (Lipinski definition) is 2. The molecule has 6 nitrogen and oxygen atoms in total. The molecule has 0 unspecified atom stereocenters. The second-order valence-electron chi connectivity index (χ2n) is 6.40. The number of nitrogens with zero attached hydrogens (tertiary/aromatic N) is 1. The summed E-state index contributed by atoms with van der Waals surface area (Å²) in [4.78, 5) is 4.07. The number of ether oxygens (including phenoxy) is 1. The normalized spacial score (nSPS) is 12.4. The minimum atomic E-state index is -3.13. The summed E-state index contributed by atoms with van der Waals surface area (Å²) >= 11 is 0. The van der Waals surface area contributed by atoms with Crippen LogP contribution in [-0.2, 0) is 21.2 Å². The Kier molecular flexibility index (Phi) is 11.3. The lowest BCUT2D eigenvalue weighted by Crippen LogP contribution is -2.42. The van der Waals surface area contributed by atoms with Gasteiger partial charge in [0.15, 0.2) is 15.8 Å². The number of halogens is 1. The molecule has 0 saturated heterocycles. The highest BCUT2D eigenvalue weighted by Gasteiger charge is 2.28. The Morgan fingerprint density at radius 2 is 1.72 bits per heavy atom. The number of hydrogen-bond acceptors (Lipinski definition) is 4. The van der Waals surface area contributed by atoms with Crippen LogP contribution in [0.25, 0.3) is 0 Å². The first-order chi connectivity index (χ1) is 11.3. The average Bonchev–Trinajstić information content (AvgIpc) is 2.52. The minimum Gasteiger partial charge on any atom is -0.375 e. The van der Waals surface area contributed by atoms with E-state index in [1.807, 2.05) is 30.3 Å². The van der Waals surface area contributed by atoms with Gasteiger partial charge in [0.25, 0.3) is 0 Å². The van der Waals surface area contributed by atoms with E-state index >= 15 is 0 Å². The Labute approximate surface area is 168 Å². The molecule has 144 valence electrons. The van der Waals surface area contributed by atoms with Gasteiger partial charge in [-0.1, -0.05) is 30.3 Å². The van der Waals surface area contributed by atoms with Crippen LogP contribution in [0.4, 0.5) is 0 Å². The number of rotatable bonds is 8. The maximum Gasteiger partial charge on any atom is 0.191 e. The molecule has 0 spiro atoms. The van der Waals surface area contributed by atoms with E-state index in [0.29, 0.717) is 32.3 Å². The molecule has 0 aliphatic heterocycles. The van der Waals surface area contributed by atoms with Gasteiger partial charge in [-0.3, -0.25) is 4.99 Å². The van der Waals surface area contributed by atoms with E-state index in [1.54, 1.807) is 27.8 Å². The van der Waals surface area contributed by atoms with Crippen LogP contribution in [-0.4, -0.2) is 51.6 Å². The van der Waals surface area contributed by atoms with Crippen molar-refractivity contribution in [2.24, 2.45) is 4.99 Å². The molecule has 1 aromatic rings. The van der Waals surface area contributed by atoms with Gasteiger partial charge in [0.2, 0.25) is 0 Å². The molecule has 2 N–H and O–H groups in total. The van der Waals surface area contributed by atoms with Crippen molar-refractivity contribution in [2.75, 3.05) is 32.5 Å². The van der Waals surface area contributed by atoms with Crippen molar-refractivity contribution in [3.05, 3.63) is 35.9 Å². The topological polar surface area (TPSA) is 79.8 Å². The lowest BCUT2D eigenvalue weighted by molar-refractivity contribution is 0.125. The van der Waals surface area contributed by atoms with Crippen LogP contribution < -0.4 is 10.6 Å². The second kappa shape index (κ2) is 11.7. The number of nitrogens with one attached hydrogen (secondary N) is 2. The zero-order valence-corrected chi connectivity index (χ0v) is 18.6. The van der Waals surface area contributed by atoms with Crippen LogP contribution in [0.2, 0.25) is 0 Å². The summed E-state index contributed by atoms with van der Waals surface area (Å²) in [5.74, 6) is 0.643. The molecule has 0 heterocycles. The van der Waals surface area contributed by atoms with Crippen molar-refractivity contribution in [3.8, 4) is 0 Å². The maximum atomic E-state index is 12.0. The summed E-state index contributed by atoms with van der Waals surface area (Å²) in [6.07, 6.45) is 0. The van der Waals surface area contributed by atoms with Gasteiger partial charge in [-0.05, 0) is 26.3 Å². The van der Waals surface area contributed by atoms with Gasteiger partial charge in [-0.15, -0.1) is 24.0 Å². The molecular formula is C17H30IN3O3S. The third-order valence-electron chi connectivity index (χ3n) is 3.47. The van der Waals surface area contributed by atoms with Gasteiger partial charge in [-0.25, -0.2) is 8.42 Å². The van der Waals surface area contributed by atoms with Gasteiger partial charge in [-0.2, -0.15) is 0 Å². The third-order valence-corrected chi connectivity index (χ3v) is 6.08. The first-order valence-electron chi connectivity index (χ1n) is 8.05. The van der Waals surface area contributed by atoms with Crippen LogP contribution in [0, 0.1) is 0 Å². The first-order valence-corrected chi connectivity index (χ1v) is 9.70. The fraction of sp³-hybridized carbons (Fsp3) is 0.588. The van der Waals surface area contributed by atoms with Crippen LogP contribution >= 0.6 is 24.0 Å². The number of sulfone groups is 1. The van der Waals surface area contributed by atoms with Crippen molar-refractivity contribution in [1.29, 1.82) is 0 Å². The van der Waals surface area contributed by atoms with E-state index in [9.17, 15) is 8.42 Å². The van der Waals surface area contributed by atoms with Crippen LogP contribution in [0.1, 0.15) is 26.3 Å². The molecule has 0 radical (unpaired) electrons. The van der Waals surface area contributed by atoms with E-state index in [0.717, 1.165) is 5.56 Å². The highest BCUT2D eigenvalue weighted by atomic mass is 127. The highest BCUT2D eigenvalue weighted by molar-refractivity contribution is 14.0. The van der Waals surface area contributed by atoms with Crippen molar-refractivity contribution >= 4 is 39.8 Å². The van der Waals surface area contributed by atoms with Gasteiger partial charge in [0.05, 0.1) is 23.7 Å². The van der Waals surface area contributed by atoms with Gasteiger partial charge in [0.1, 0.15) is 0 Å². The molecule has 0 saturated carbocycles. The molecule has 0 atom stereocenters. The molecular weight excluding hydrogens is 453 g/mol. The van der Waals surface area contributed by atoms with Crippen molar-refractivity contribution in [1.82, 2.24) is 10.6 Å². The first kappa shape index (κ1) is 24.1. The molecule has 0 aromatic heterocycles. The van der Waals surface area contributed by atoms with E-state index in [1.165, 1.54) is 0 Å². The summed E-state index contributed by atoms with van der Waals surface area (Å²) in [6.45, 7) is 7.15. The van der Waals surface area contributed by atoms with Crippen molar-refractivity contribution < 1.29 is 13.2 Å². The number of benzene rings is 1. The van der Waals surface area contributed by atoms with E-state index in [2.05, 4.69) is 15.6 Å². The van der Waals surface area contributed by atoms with E-state index in [4.69, 9.17) is 4.74 Å². The van der Waals surface area contributed by atoms with Gasteiger partial charge >= 0.3 is 0 Å². The molecule has 1 aromatic carbocycles. The maximum absolute atomic E-state index is 12.0. The summed E-state index contributed by atoms with van der Waals surface area (Å²) in [5, 5.41) is 6.11. The number of aliphatic imine (C=N–C) groups is 1. The molecule has 0 aliphatic carbocycles. The Bertz CT molecular complexity index is 614. The molecule has 1 rings (SSSR count).